The number of aliphatic imine (C=N–C) groups is 1. The maximum absolute atomic E-state index is 10.6. The van der Waals surface area contributed by atoms with Crippen molar-refractivity contribution in [3.63, 3.8) is 0 Å². The third-order valence-corrected chi connectivity index (χ3v) is 3.81. The lowest BCUT2D eigenvalue weighted by molar-refractivity contribution is -0.384. The minimum absolute atomic E-state index is 0.0853. The smallest absolute Gasteiger partial charge is 0.269 e. The SMILES string of the molecule is CCCCCC/N=C/c1ccc(OCc2ccc([N+](=O)[O-])cc2)cc1. The van der Waals surface area contributed by atoms with Crippen molar-refractivity contribution in [2.75, 3.05) is 6.54 Å². The van der Waals surface area contributed by atoms with Gasteiger partial charge in [0.25, 0.3) is 5.69 Å². The van der Waals surface area contributed by atoms with Gasteiger partial charge in [0.05, 0.1) is 4.92 Å². The summed E-state index contributed by atoms with van der Waals surface area (Å²) in [5.41, 5.74) is 2.03. The van der Waals surface area contributed by atoms with E-state index in [9.17, 15) is 10.1 Å². The van der Waals surface area contributed by atoms with Crippen molar-refractivity contribution in [1.29, 1.82) is 0 Å². The molecular formula is C20H24N2O3. The lowest BCUT2D eigenvalue weighted by Gasteiger charge is -2.06. The summed E-state index contributed by atoms with van der Waals surface area (Å²) in [6.07, 6.45) is 6.79. The number of hydrogen-bond donors (Lipinski definition) is 0. The molecule has 0 N–H and O–H groups in total. The van der Waals surface area contributed by atoms with E-state index in [2.05, 4.69) is 11.9 Å². The van der Waals surface area contributed by atoms with Crippen LogP contribution < -0.4 is 4.74 Å². The Morgan fingerprint density at radius 1 is 1.04 bits per heavy atom. The molecular weight excluding hydrogens is 316 g/mol. The number of rotatable bonds is 10. The van der Waals surface area contributed by atoms with Crippen LogP contribution in [0.15, 0.2) is 53.5 Å². The normalized spacial score (nSPS) is 10.9. The Bertz CT molecular complexity index is 679. The summed E-state index contributed by atoms with van der Waals surface area (Å²) in [5, 5.41) is 10.6. The molecule has 0 aliphatic heterocycles. The van der Waals surface area contributed by atoms with Crippen molar-refractivity contribution in [3.05, 3.63) is 69.8 Å². The Morgan fingerprint density at radius 3 is 2.40 bits per heavy atom. The molecule has 0 spiro atoms. The summed E-state index contributed by atoms with van der Waals surface area (Å²) in [6, 6.07) is 14.1. The molecule has 0 saturated heterocycles. The van der Waals surface area contributed by atoms with Crippen LogP contribution in [0, 0.1) is 10.1 Å². The standard InChI is InChI=1S/C20H24N2O3/c1-2-3-4-5-14-21-15-17-8-12-20(13-9-17)25-16-18-6-10-19(11-7-18)22(23)24/h6-13,15H,2-5,14,16H2,1H3/b21-15+. The largest absolute Gasteiger partial charge is 0.489 e. The lowest BCUT2D eigenvalue weighted by Crippen LogP contribution is -1.96. The van der Waals surface area contributed by atoms with Crippen molar-refractivity contribution < 1.29 is 9.66 Å². The maximum atomic E-state index is 10.6. The van der Waals surface area contributed by atoms with Gasteiger partial charge in [-0.15, -0.1) is 0 Å². The zero-order chi connectivity index (χ0) is 17.9. The molecule has 0 heterocycles. The fourth-order valence-corrected chi connectivity index (χ4v) is 2.33. The minimum atomic E-state index is -0.408. The molecule has 0 unspecified atom stereocenters. The van der Waals surface area contributed by atoms with E-state index < -0.39 is 4.92 Å². The number of benzene rings is 2. The summed E-state index contributed by atoms with van der Waals surface area (Å²) in [6.45, 7) is 3.45. The van der Waals surface area contributed by atoms with Gasteiger partial charge in [0.1, 0.15) is 12.4 Å². The van der Waals surface area contributed by atoms with E-state index in [-0.39, 0.29) is 5.69 Å². The van der Waals surface area contributed by atoms with Gasteiger partial charge < -0.3 is 4.74 Å². The number of hydrogen-bond acceptors (Lipinski definition) is 4. The first kappa shape index (κ1) is 18.6. The van der Waals surface area contributed by atoms with Crippen molar-refractivity contribution in [3.8, 4) is 5.75 Å². The van der Waals surface area contributed by atoms with E-state index in [1.165, 1.54) is 31.4 Å². The van der Waals surface area contributed by atoms with Crippen LogP contribution in [0.4, 0.5) is 5.69 Å². The molecule has 2 aromatic rings. The first-order chi connectivity index (χ1) is 12.2. The van der Waals surface area contributed by atoms with E-state index in [1.807, 2.05) is 30.5 Å². The predicted molar refractivity (Wildman–Crippen MR) is 100 cm³/mol. The highest BCUT2D eigenvalue weighted by Gasteiger charge is 2.04. The van der Waals surface area contributed by atoms with Crippen LogP contribution in [0.5, 0.6) is 5.75 Å². The van der Waals surface area contributed by atoms with Gasteiger partial charge in [0, 0.05) is 24.9 Å². The summed E-state index contributed by atoms with van der Waals surface area (Å²) >= 11 is 0. The van der Waals surface area contributed by atoms with E-state index >= 15 is 0 Å². The van der Waals surface area contributed by atoms with Gasteiger partial charge in [-0.05, 0) is 53.9 Å². The fourth-order valence-electron chi connectivity index (χ4n) is 2.33. The third-order valence-electron chi connectivity index (χ3n) is 3.81. The van der Waals surface area contributed by atoms with E-state index in [0.717, 1.165) is 29.8 Å². The second-order valence-corrected chi connectivity index (χ2v) is 5.88. The molecule has 0 bridgehead atoms. The molecule has 0 aliphatic rings. The first-order valence-electron chi connectivity index (χ1n) is 8.65. The second kappa shape index (κ2) is 10.2. The van der Waals surface area contributed by atoms with Crippen LogP contribution in [-0.2, 0) is 6.61 Å². The zero-order valence-corrected chi connectivity index (χ0v) is 14.6. The number of non-ortho nitro benzene ring substituents is 1. The van der Waals surface area contributed by atoms with Crippen LogP contribution in [0.1, 0.15) is 43.7 Å². The first-order valence-corrected chi connectivity index (χ1v) is 8.65. The number of nitro groups is 1. The second-order valence-electron chi connectivity index (χ2n) is 5.88. The summed E-state index contributed by atoms with van der Waals surface area (Å²) < 4.78 is 5.70. The molecule has 0 amide bonds. The van der Waals surface area contributed by atoms with Crippen molar-refractivity contribution in [1.82, 2.24) is 0 Å². The fraction of sp³-hybridized carbons (Fsp3) is 0.350. The highest BCUT2D eigenvalue weighted by atomic mass is 16.6. The average molecular weight is 340 g/mol. The minimum Gasteiger partial charge on any atom is -0.489 e. The summed E-state index contributed by atoms with van der Waals surface area (Å²) in [4.78, 5) is 14.7. The molecule has 2 aromatic carbocycles. The Balaban J connectivity index is 1.78. The van der Waals surface area contributed by atoms with Gasteiger partial charge >= 0.3 is 0 Å². The monoisotopic (exact) mass is 340 g/mol. The number of unbranched alkanes of at least 4 members (excludes halogenated alkanes) is 3. The van der Waals surface area contributed by atoms with Crippen LogP contribution >= 0.6 is 0 Å². The molecule has 5 nitrogen and oxygen atoms in total. The van der Waals surface area contributed by atoms with E-state index in [1.54, 1.807) is 12.1 Å². The number of nitro benzene ring substituents is 1. The Kier molecular flexibility index (Phi) is 7.63. The molecule has 132 valence electrons. The molecule has 25 heavy (non-hydrogen) atoms. The lowest BCUT2D eigenvalue weighted by atomic mass is 10.2. The van der Waals surface area contributed by atoms with Crippen LogP contribution in [-0.4, -0.2) is 17.7 Å². The van der Waals surface area contributed by atoms with Gasteiger partial charge in [-0.1, -0.05) is 26.2 Å². The number of nitrogens with zero attached hydrogens (tertiary/aromatic N) is 2. The van der Waals surface area contributed by atoms with Crippen molar-refractivity contribution >= 4 is 11.9 Å². The van der Waals surface area contributed by atoms with Crippen molar-refractivity contribution in [2.24, 2.45) is 4.99 Å². The van der Waals surface area contributed by atoms with Gasteiger partial charge in [0.2, 0.25) is 0 Å². The maximum Gasteiger partial charge on any atom is 0.269 e. The van der Waals surface area contributed by atoms with Crippen LogP contribution in [0.25, 0.3) is 0 Å². The average Bonchev–Trinajstić information content (AvgIpc) is 2.64. The highest BCUT2D eigenvalue weighted by molar-refractivity contribution is 5.79. The molecule has 2 rings (SSSR count). The predicted octanol–water partition coefficient (Wildman–Crippen LogP) is 5.17. The zero-order valence-electron chi connectivity index (χ0n) is 14.6. The van der Waals surface area contributed by atoms with Gasteiger partial charge in [-0.25, -0.2) is 0 Å². The molecule has 0 radical (unpaired) electrons. The van der Waals surface area contributed by atoms with Gasteiger partial charge in [0.15, 0.2) is 0 Å². The molecule has 0 saturated carbocycles. The number of ether oxygens (including phenoxy) is 1. The molecule has 0 fully saturated rings. The Hall–Kier alpha value is -2.69. The van der Waals surface area contributed by atoms with Crippen LogP contribution in [0.2, 0.25) is 0 Å². The topological polar surface area (TPSA) is 64.7 Å². The molecule has 5 heteroatoms. The molecule has 0 aromatic heterocycles. The van der Waals surface area contributed by atoms with Crippen LogP contribution in [0.3, 0.4) is 0 Å². The summed E-state index contributed by atoms with van der Waals surface area (Å²) in [5.74, 6) is 0.762. The third kappa shape index (κ3) is 6.75. The van der Waals surface area contributed by atoms with Gasteiger partial charge in [-0.2, -0.15) is 0 Å². The van der Waals surface area contributed by atoms with E-state index in [4.69, 9.17) is 4.74 Å². The van der Waals surface area contributed by atoms with Gasteiger partial charge in [-0.3, -0.25) is 15.1 Å². The molecule has 0 atom stereocenters. The quantitative estimate of drug-likeness (QED) is 0.259. The Morgan fingerprint density at radius 2 is 1.76 bits per heavy atom. The van der Waals surface area contributed by atoms with E-state index in [0.29, 0.717) is 6.61 Å². The molecule has 0 aliphatic carbocycles. The Labute approximate surface area is 148 Å². The highest BCUT2D eigenvalue weighted by Crippen LogP contribution is 2.16. The van der Waals surface area contributed by atoms with Crippen molar-refractivity contribution in [2.45, 2.75) is 39.2 Å². The summed E-state index contributed by atoms with van der Waals surface area (Å²) in [7, 11) is 0.